The van der Waals surface area contributed by atoms with Crippen LogP contribution >= 0.6 is 0 Å². The summed E-state index contributed by atoms with van der Waals surface area (Å²) in [6.07, 6.45) is 19.5. The van der Waals surface area contributed by atoms with Gasteiger partial charge in [-0.25, -0.2) is 0 Å². The van der Waals surface area contributed by atoms with Crippen molar-refractivity contribution in [1.29, 1.82) is 0 Å². The Morgan fingerprint density at radius 1 is 0.951 bits per heavy atom. The molecule has 7 nitrogen and oxygen atoms in total. The average molecular weight is 597 g/mol. The third-order valence-corrected chi connectivity index (χ3v) is 13.8. The van der Waals surface area contributed by atoms with E-state index in [1.807, 2.05) is 0 Å². The van der Waals surface area contributed by atoms with Crippen molar-refractivity contribution in [3.05, 3.63) is 12.2 Å². The SMILES string of the molecule is CC(=O)OCC[C@@H]1OCC[C@H](OC2(O[Si](C)(C)C(C)(C)C)CCCC2)[C@H]1C=CCCCCCCO[C@H]1CCCCO1. The van der Waals surface area contributed by atoms with Crippen LogP contribution in [-0.4, -0.2) is 65.0 Å². The molecule has 1 aliphatic carbocycles. The number of carbonyl (C=O) groups is 1. The van der Waals surface area contributed by atoms with E-state index in [4.69, 9.17) is 28.1 Å². The molecule has 41 heavy (non-hydrogen) atoms. The van der Waals surface area contributed by atoms with Crippen LogP contribution in [0.25, 0.3) is 0 Å². The van der Waals surface area contributed by atoms with E-state index >= 15 is 0 Å². The van der Waals surface area contributed by atoms with E-state index in [-0.39, 0.29) is 35.4 Å². The van der Waals surface area contributed by atoms with Gasteiger partial charge in [0.15, 0.2) is 20.4 Å². The quantitative estimate of drug-likeness (QED) is 0.0586. The predicted octanol–water partition coefficient (Wildman–Crippen LogP) is 8.07. The van der Waals surface area contributed by atoms with Gasteiger partial charge in [0.25, 0.3) is 0 Å². The maximum Gasteiger partial charge on any atom is 0.302 e. The van der Waals surface area contributed by atoms with Gasteiger partial charge in [-0.2, -0.15) is 0 Å². The molecule has 8 heteroatoms. The fraction of sp³-hybridized carbons (Fsp3) is 0.909. The average Bonchev–Trinajstić information content (AvgIpc) is 3.35. The van der Waals surface area contributed by atoms with E-state index in [0.717, 1.165) is 77.4 Å². The Labute approximate surface area is 251 Å². The summed E-state index contributed by atoms with van der Waals surface area (Å²) in [5.74, 6) is -0.629. The first-order valence-electron chi connectivity index (χ1n) is 16.5. The highest BCUT2D eigenvalue weighted by Gasteiger charge is 2.49. The van der Waals surface area contributed by atoms with Crippen LogP contribution in [0.5, 0.6) is 0 Å². The third-order valence-electron chi connectivity index (χ3n) is 9.34. The normalized spacial score (nSPS) is 27.4. The molecule has 0 bridgehead atoms. The number of hydrogen-bond donors (Lipinski definition) is 0. The first-order valence-corrected chi connectivity index (χ1v) is 19.4. The van der Waals surface area contributed by atoms with E-state index in [1.54, 1.807) is 0 Å². The number of hydrogen-bond acceptors (Lipinski definition) is 7. The highest BCUT2D eigenvalue weighted by molar-refractivity contribution is 6.74. The van der Waals surface area contributed by atoms with Crippen LogP contribution in [0.3, 0.4) is 0 Å². The smallest absolute Gasteiger partial charge is 0.302 e. The molecule has 2 heterocycles. The van der Waals surface area contributed by atoms with Crippen LogP contribution in [0.1, 0.15) is 118 Å². The van der Waals surface area contributed by atoms with Gasteiger partial charge in [0.1, 0.15) is 0 Å². The zero-order valence-corrected chi connectivity index (χ0v) is 28.0. The summed E-state index contributed by atoms with van der Waals surface area (Å²) in [7, 11) is -2.01. The Hall–Kier alpha value is -0.773. The van der Waals surface area contributed by atoms with Gasteiger partial charge in [-0.3, -0.25) is 4.79 Å². The van der Waals surface area contributed by atoms with Crippen molar-refractivity contribution in [1.82, 2.24) is 0 Å². The van der Waals surface area contributed by atoms with Gasteiger partial charge < -0.3 is 28.1 Å². The van der Waals surface area contributed by atoms with Crippen LogP contribution in [0, 0.1) is 5.92 Å². The summed E-state index contributed by atoms with van der Waals surface area (Å²) in [5.41, 5.74) is 0. The molecule has 4 atom stereocenters. The molecule has 0 aromatic carbocycles. The minimum absolute atomic E-state index is 0.0176. The largest absolute Gasteiger partial charge is 0.466 e. The summed E-state index contributed by atoms with van der Waals surface area (Å²) >= 11 is 0. The van der Waals surface area contributed by atoms with Gasteiger partial charge in [-0.15, -0.1) is 0 Å². The van der Waals surface area contributed by atoms with E-state index in [0.29, 0.717) is 19.6 Å². The summed E-state index contributed by atoms with van der Waals surface area (Å²) in [5, 5.41) is 0.128. The molecular weight excluding hydrogens is 536 g/mol. The first-order chi connectivity index (χ1) is 19.5. The Morgan fingerprint density at radius 2 is 1.71 bits per heavy atom. The molecule has 0 radical (unpaired) electrons. The lowest BCUT2D eigenvalue weighted by Gasteiger charge is -2.47. The Morgan fingerprint density at radius 3 is 2.39 bits per heavy atom. The predicted molar refractivity (Wildman–Crippen MR) is 165 cm³/mol. The highest BCUT2D eigenvalue weighted by atomic mass is 28.4. The number of carbonyl (C=O) groups excluding carboxylic acids is 1. The van der Waals surface area contributed by atoms with Crippen LogP contribution in [0.15, 0.2) is 12.2 Å². The van der Waals surface area contributed by atoms with Crippen LogP contribution < -0.4 is 0 Å². The van der Waals surface area contributed by atoms with Crippen LogP contribution in [0.4, 0.5) is 0 Å². The fourth-order valence-electron chi connectivity index (χ4n) is 5.94. The highest BCUT2D eigenvalue weighted by Crippen LogP contribution is 2.46. The van der Waals surface area contributed by atoms with E-state index in [9.17, 15) is 4.79 Å². The number of ether oxygens (including phenoxy) is 5. The molecule has 0 aromatic rings. The zero-order valence-electron chi connectivity index (χ0n) is 27.0. The van der Waals surface area contributed by atoms with Crippen LogP contribution in [-0.2, 0) is 32.9 Å². The van der Waals surface area contributed by atoms with Gasteiger partial charge in [0, 0.05) is 51.9 Å². The lowest BCUT2D eigenvalue weighted by Crippen LogP contribution is -2.53. The number of rotatable bonds is 16. The van der Waals surface area contributed by atoms with Crippen LogP contribution in [0.2, 0.25) is 18.1 Å². The molecule has 3 aliphatic rings. The number of esters is 1. The van der Waals surface area contributed by atoms with Gasteiger partial charge in [-0.05, 0) is 75.9 Å². The van der Waals surface area contributed by atoms with Crippen molar-refractivity contribution < 1.29 is 32.9 Å². The van der Waals surface area contributed by atoms with Crippen molar-refractivity contribution in [3.8, 4) is 0 Å². The van der Waals surface area contributed by atoms with Crippen molar-refractivity contribution in [3.63, 3.8) is 0 Å². The summed E-state index contributed by atoms with van der Waals surface area (Å²) in [4.78, 5) is 11.4. The van der Waals surface area contributed by atoms with Crippen molar-refractivity contribution in [2.45, 2.75) is 160 Å². The Kier molecular flexibility index (Phi) is 14.3. The summed E-state index contributed by atoms with van der Waals surface area (Å²) < 4.78 is 37.2. The lowest BCUT2D eigenvalue weighted by atomic mass is 9.88. The molecule has 0 unspecified atom stereocenters. The molecule has 1 saturated carbocycles. The summed E-state index contributed by atoms with van der Waals surface area (Å²) in [6, 6.07) is 0. The molecule has 3 fully saturated rings. The van der Waals surface area contributed by atoms with Crippen molar-refractivity contribution in [2.75, 3.05) is 26.4 Å². The van der Waals surface area contributed by atoms with E-state index in [1.165, 1.54) is 26.2 Å². The van der Waals surface area contributed by atoms with E-state index in [2.05, 4.69) is 46.0 Å². The standard InChI is InChI=1S/C33H60O7Si/c1-27(34)35-25-19-29-28(17-11-9-7-8-10-15-23-37-31-18-12-16-24-38-31)30(20-26-36-29)39-33(21-13-14-22-33)40-41(5,6)32(2,3)4/h11,17,28-31H,7-10,12-16,18-26H2,1-6H3/t28-,29-,30-,31+/m0/s1. The van der Waals surface area contributed by atoms with Crippen molar-refractivity contribution in [2.24, 2.45) is 5.92 Å². The number of unbranched alkanes of at least 4 members (excludes halogenated alkanes) is 4. The minimum atomic E-state index is -2.01. The van der Waals surface area contributed by atoms with Crippen molar-refractivity contribution >= 4 is 14.3 Å². The molecule has 0 amide bonds. The maximum absolute atomic E-state index is 11.4. The minimum Gasteiger partial charge on any atom is -0.466 e. The second kappa shape index (κ2) is 16.9. The lowest BCUT2D eigenvalue weighted by molar-refractivity contribution is -0.243. The number of allylic oxidation sites excluding steroid dienone is 1. The fourth-order valence-corrected chi connectivity index (χ4v) is 7.43. The first kappa shape index (κ1) is 34.7. The third kappa shape index (κ3) is 11.7. The second-order valence-electron chi connectivity index (χ2n) is 13.8. The van der Waals surface area contributed by atoms with Gasteiger partial charge in [0.05, 0.1) is 18.8 Å². The molecule has 0 aromatic heterocycles. The summed E-state index contributed by atoms with van der Waals surface area (Å²) in [6.45, 7) is 15.7. The Bertz CT molecular complexity index is 781. The van der Waals surface area contributed by atoms with E-state index < -0.39 is 14.1 Å². The molecule has 238 valence electrons. The zero-order chi connectivity index (χ0) is 29.8. The maximum atomic E-state index is 11.4. The topological polar surface area (TPSA) is 72.5 Å². The molecule has 2 saturated heterocycles. The molecule has 0 spiro atoms. The van der Waals surface area contributed by atoms with Gasteiger partial charge >= 0.3 is 5.97 Å². The van der Waals surface area contributed by atoms with Gasteiger partial charge in [0.2, 0.25) is 0 Å². The second-order valence-corrected chi connectivity index (χ2v) is 18.6. The molecule has 0 N–H and O–H groups in total. The molecule has 3 rings (SSSR count). The monoisotopic (exact) mass is 596 g/mol. The Balaban J connectivity index is 1.55. The molecule has 2 aliphatic heterocycles. The molecular formula is C33H60O7Si. The van der Waals surface area contributed by atoms with Gasteiger partial charge in [-0.1, -0.05) is 45.8 Å².